The van der Waals surface area contributed by atoms with Crippen molar-refractivity contribution in [3.05, 3.63) is 28.8 Å². The minimum Gasteiger partial charge on any atom is -0.380 e. The first-order chi connectivity index (χ1) is 9.63. The van der Waals surface area contributed by atoms with Gasteiger partial charge in [0.25, 0.3) is 0 Å². The SMILES string of the molecule is COC(CN)CC(=O)NC1CCSc2ccc(Cl)cc21.Cl. The van der Waals surface area contributed by atoms with Crippen LogP contribution in [0.2, 0.25) is 5.02 Å². The summed E-state index contributed by atoms with van der Waals surface area (Å²) in [5, 5.41) is 3.75. The zero-order chi connectivity index (χ0) is 14.5. The number of thioether (sulfide) groups is 1. The van der Waals surface area contributed by atoms with E-state index in [1.54, 1.807) is 18.9 Å². The van der Waals surface area contributed by atoms with Gasteiger partial charge in [0.1, 0.15) is 0 Å². The highest BCUT2D eigenvalue weighted by Gasteiger charge is 2.23. The molecule has 0 spiro atoms. The fourth-order valence-electron chi connectivity index (χ4n) is 2.24. The van der Waals surface area contributed by atoms with E-state index in [0.29, 0.717) is 11.6 Å². The molecule has 1 amide bonds. The third-order valence-corrected chi connectivity index (χ3v) is 4.71. The number of benzene rings is 1. The van der Waals surface area contributed by atoms with Crippen molar-refractivity contribution in [2.24, 2.45) is 5.73 Å². The third-order valence-electron chi connectivity index (χ3n) is 3.36. The Labute approximate surface area is 140 Å². The van der Waals surface area contributed by atoms with Gasteiger partial charge in [0, 0.05) is 29.3 Å². The fourth-order valence-corrected chi connectivity index (χ4v) is 3.52. The number of amides is 1. The van der Waals surface area contributed by atoms with Gasteiger partial charge in [0.2, 0.25) is 5.91 Å². The van der Waals surface area contributed by atoms with Crippen LogP contribution >= 0.6 is 35.8 Å². The Balaban J connectivity index is 0.00000220. The van der Waals surface area contributed by atoms with Crippen molar-refractivity contribution >= 4 is 41.7 Å². The smallest absolute Gasteiger partial charge is 0.223 e. The molecule has 4 nitrogen and oxygen atoms in total. The Morgan fingerprint density at radius 2 is 2.38 bits per heavy atom. The number of hydrogen-bond acceptors (Lipinski definition) is 4. The molecule has 0 bridgehead atoms. The van der Waals surface area contributed by atoms with E-state index < -0.39 is 0 Å². The number of methoxy groups -OCH3 is 1. The molecule has 1 aliphatic heterocycles. The Hall–Kier alpha value is -0.460. The Bertz CT molecular complexity index is 484. The van der Waals surface area contributed by atoms with Crippen LogP contribution in [0.5, 0.6) is 0 Å². The quantitative estimate of drug-likeness (QED) is 0.856. The molecule has 7 heteroatoms. The number of hydrogen-bond donors (Lipinski definition) is 2. The molecular weight excluding hydrogens is 331 g/mol. The fraction of sp³-hybridized carbons (Fsp3) is 0.500. The summed E-state index contributed by atoms with van der Waals surface area (Å²) < 4.78 is 5.14. The molecule has 0 aromatic heterocycles. The molecule has 2 rings (SSSR count). The number of fused-ring (bicyclic) bond motifs is 1. The second-order valence-corrected chi connectivity index (χ2v) is 6.31. The molecule has 2 atom stereocenters. The average molecular weight is 351 g/mol. The lowest BCUT2D eigenvalue weighted by atomic mass is 10.0. The molecule has 1 heterocycles. The van der Waals surface area contributed by atoms with Crippen LogP contribution in [0.1, 0.15) is 24.4 Å². The van der Waals surface area contributed by atoms with E-state index in [4.69, 9.17) is 22.1 Å². The Morgan fingerprint density at radius 3 is 3.05 bits per heavy atom. The van der Waals surface area contributed by atoms with Crippen LogP contribution in [0, 0.1) is 0 Å². The summed E-state index contributed by atoms with van der Waals surface area (Å²) >= 11 is 7.85. The third kappa shape index (κ3) is 5.04. The van der Waals surface area contributed by atoms with Crippen molar-refractivity contribution in [2.45, 2.75) is 29.9 Å². The summed E-state index contributed by atoms with van der Waals surface area (Å²) in [5.41, 5.74) is 6.64. The maximum Gasteiger partial charge on any atom is 0.223 e. The van der Waals surface area contributed by atoms with E-state index in [0.717, 1.165) is 17.7 Å². The minimum absolute atomic E-state index is 0. The molecule has 0 saturated heterocycles. The van der Waals surface area contributed by atoms with Crippen LogP contribution in [0.15, 0.2) is 23.1 Å². The summed E-state index contributed by atoms with van der Waals surface area (Å²) in [6.07, 6.45) is 0.961. The first-order valence-corrected chi connectivity index (χ1v) is 7.95. The molecule has 21 heavy (non-hydrogen) atoms. The van der Waals surface area contributed by atoms with Gasteiger partial charge in [-0.1, -0.05) is 11.6 Å². The summed E-state index contributed by atoms with van der Waals surface area (Å²) in [5.74, 6) is 0.953. The first-order valence-electron chi connectivity index (χ1n) is 6.58. The zero-order valence-electron chi connectivity index (χ0n) is 11.8. The van der Waals surface area contributed by atoms with E-state index in [1.807, 2.05) is 18.2 Å². The summed E-state index contributed by atoms with van der Waals surface area (Å²) in [4.78, 5) is 13.2. The number of rotatable bonds is 5. The molecule has 1 aromatic rings. The topological polar surface area (TPSA) is 64.3 Å². The second-order valence-electron chi connectivity index (χ2n) is 4.74. The normalized spacial score (nSPS) is 18.3. The molecule has 0 fully saturated rings. The molecule has 1 aromatic carbocycles. The van der Waals surface area contributed by atoms with Gasteiger partial charge in [-0.05, 0) is 30.2 Å². The van der Waals surface area contributed by atoms with Crippen LogP contribution in [0.4, 0.5) is 0 Å². The maximum atomic E-state index is 12.0. The van der Waals surface area contributed by atoms with Gasteiger partial charge in [0.05, 0.1) is 18.6 Å². The van der Waals surface area contributed by atoms with Crippen molar-refractivity contribution in [3.8, 4) is 0 Å². The highest BCUT2D eigenvalue weighted by Crippen LogP contribution is 2.37. The highest BCUT2D eigenvalue weighted by molar-refractivity contribution is 7.99. The van der Waals surface area contributed by atoms with Gasteiger partial charge in [-0.3, -0.25) is 4.79 Å². The first kappa shape index (κ1) is 18.6. The van der Waals surface area contributed by atoms with Crippen molar-refractivity contribution in [3.63, 3.8) is 0 Å². The van der Waals surface area contributed by atoms with Crippen molar-refractivity contribution in [2.75, 3.05) is 19.4 Å². The number of ether oxygens (including phenoxy) is 1. The van der Waals surface area contributed by atoms with E-state index >= 15 is 0 Å². The van der Waals surface area contributed by atoms with E-state index in [2.05, 4.69) is 5.32 Å². The minimum atomic E-state index is -0.230. The van der Waals surface area contributed by atoms with Crippen LogP contribution < -0.4 is 11.1 Å². The van der Waals surface area contributed by atoms with Crippen LogP contribution in [-0.2, 0) is 9.53 Å². The maximum absolute atomic E-state index is 12.0. The lowest BCUT2D eigenvalue weighted by Crippen LogP contribution is -2.35. The van der Waals surface area contributed by atoms with Crippen LogP contribution in [0.3, 0.4) is 0 Å². The largest absolute Gasteiger partial charge is 0.380 e. The van der Waals surface area contributed by atoms with Gasteiger partial charge in [-0.2, -0.15) is 0 Å². The van der Waals surface area contributed by atoms with Gasteiger partial charge in [-0.15, -0.1) is 24.2 Å². The molecular formula is C14H20Cl2N2O2S. The zero-order valence-corrected chi connectivity index (χ0v) is 14.2. The second kappa shape index (κ2) is 8.86. The van der Waals surface area contributed by atoms with Crippen LogP contribution in [-0.4, -0.2) is 31.4 Å². The van der Waals surface area contributed by atoms with E-state index in [9.17, 15) is 4.79 Å². The Morgan fingerprint density at radius 1 is 1.62 bits per heavy atom. The summed E-state index contributed by atoms with van der Waals surface area (Å²) in [6.45, 7) is 0.340. The van der Waals surface area contributed by atoms with Crippen molar-refractivity contribution < 1.29 is 9.53 Å². The predicted molar refractivity (Wildman–Crippen MR) is 89.4 cm³/mol. The van der Waals surface area contributed by atoms with E-state index in [1.165, 1.54) is 4.90 Å². The monoisotopic (exact) mass is 350 g/mol. The lowest BCUT2D eigenvalue weighted by Gasteiger charge is -2.26. The molecule has 0 aliphatic carbocycles. The number of carbonyl (C=O) groups is 1. The molecule has 118 valence electrons. The van der Waals surface area contributed by atoms with Gasteiger partial charge < -0.3 is 15.8 Å². The summed E-state index contributed by atoms with van der Waals surface area (Å²) in [6, 6.07) is 5.85. The number of nitrogens with two attached hydrogens (primary N) is 1. The van der Waals surface area contributed by atoms with Gasteiger partial charge >= 0.3 is 0 Å². The molecule has 3 N–H and O–H groups in total. The summed E-state index contributed by atoms with van der Waals surface area (Å²) in [7, 11) is 1.57. The van der Waals surface area contributed by atoms with E-state index in [-0.39, 0.29) is 36.9 Å². The van der Waals surface area contributed by atoms with Crippen molar-refractivity contribution in [1.82, 2.24) is 5.32 Å². The standard InChI is InChI=1S/C14H19ClN2O2S.ClH/c1-19-10(8-16)7-14(18)17-12-4-5-20-13-3-2-9(15)6-11(12)13;/h2-3,6,10,12H,4-5,7-8,16H2,1H3,(H,17,18);1H. The number of carbonyl (C=O) groups excluding carboxylic acids is 1. The molecule has 2 unspecified atom stereocenters. The Kier molecular flexibility index (Phi) is 7.84. The molecule has 0 saturated carbocycles. The van der Waals surface area contributed by atoms with Gasteiger partial charge in [0.15, 0.2) is 0 Å². The van der Waals surface area contributed by atoms with Crippen LogP contribution in [0.25, 0.3) is 0 Å². The number of halogens is 2. The van der Waals surface area contributed by atoms with Gasteiger partial charge in [-0.25, -0.2) is 0 Å². The molecule has 1 aliphatic rings. The average Bonchev–Trinajstić information content (AvgIpc) is 2.45. The highest BCUT2D eigenvalue weighted by atomic mass is 35.5. The number of nitrogens with one attached hydrogen (secondary N) is 1. The lowest BCUT2D eigenvalue weighted by molar-refractivity contribution is -0.124. The molecule has 0 radical (unpaired) electrons. The predicted octanol–water partition coefficient (Wildman–Crippen LogP) is 2.78. The van der Waals surface area contributed by atoms with Crippen molar-refractivity contribution in [1.29, 1.82) is 0 Å².